The summed E-state index contributed by atoms with van der Waals surface area (Å²) >= 11 is 0. The Morgan fingerprint density at radius 1 is 1.18 bits per heavy atom. The van der Waals surface area contributed by atoms with Crippen molar-refractivity contribution < 1.29 is 19.5 Å². The Hall–Kier alpha value is -3.41. The molecule has 39 heavy (non-hydrogen) atoms. The summed E-state index contributed by atoms with van der Waals surface area (Å²) in [4.78, 5) is 57.5. The van der Waals surface area contributed by atoms with Gasteiger partial charge in [0, 0.05) is 11.6 Å². The van der Waals surface area contributed by atoms with Gasteiger partial charge in [-0.05, 0) is 33.4 Å². The molecule has 0 fully saturated rings. The number of rotatable bonds is 17. The van der Waals surface area contributed by atoms with Crippen molar-refractivity contribution in [2.75, 3.05) is 32.0 Å². The number of unbranched alkanes of at least 4 members (excludes halogenated alkanes) is 2. The molecule has 0 bridgehead atoms. The maximum atomic E-state index is 13.4. The van der Waals surface area contributed by atoms with E-state index in [1.165, 1.54) is 17.7 Å². The van der Waals surface area contributed by atoms with Crippen LogP contribution in [0, 0.1) is 10.8 Å². The van der Waals surface area contributed by atoms with Gasteiger partial charge in [0.1, 0.15) is 6.04 Å². The van der Waals surface area contributed by atoms with Gasteiger partial charge in [-0.15, -0.1) is 0 Å². The molecule has 2 atom stereocenters. The largest absolute Gasteiger partial charge is 0.481 e. The molecular weight excluding hydrogens is 502 g/mol. The molecule has 5 N–H and O–H groups in total. The number of carboxylic acids is 1. The van der Waals surface area contributed by atoms with Gasteiger partial charge >= 0.3 is 5.97 Å². The molecular formula is C27H45N7O5. The van der Waals surface area contributed by atoms with Crippen molar-refractivity contribution in [2.24, 2.45) is 0 Å². The van der Waals surface area contributed by atoms with E-state index in [4.69, 9.17) is 10.8 Å². The Labute approximate surface area is 230 Å². The first-order valence-electron chi connectivity index (χ1n) is 13.4. The summed E-state index contributed by atoms with van der Waals surface area (Å²) in [6.07, 6.45) is 4.08. The summed E-state index contributed by atoms with van der Waals surface area (Å²) in [7, 11) is 1.78. The van der Waals surface area contributed by atoms with Crippen LogP contribution in [0.15, 0.2) is 11.0 Å². The number of carboxylic acid groups (broad SMARTS) is 1. The maximum Gasteiger partial charge on any atom is 0.305 e. The number of likely N-dealkylation sites (N-methyl/N-ethyl adjacent to an activating group) is 1. The molecule has 218 valence electrons. The minimum atomic E-state index is -1.24. The second-order valence-corrected chi connectivity index (χ2v) is 10.9. The van der Waals surface area contributed by atoms with Crippen LogP contribution < -0.4 is 16.2 Å². The number of hydrogen-bond acceptors (Lipinski definition) is 9. The highest BCUT2D eigenvalue weighted by atomic mass is 16.4. The first-order valence-corrected chi connectivity index (χ1v) is 13.4. The number of Topliss-reactive ketones (excluding diaryl/α,β-unsaturated/α-hetero) is 1. The maximum absolute atomic E-state index is 13.4. The molecule has 12 heteroatoms. The number of nitrogens with zero attached hydrogens (tertiary/aromatic N) is 3. The zero-order chi connectivity index (χ0) is 29.9. The second kappa shape index (κ2) is 15.2. The van der Waals surface area contributed by atoms with Crippen LogP contribution in [0.25, 0.3) is 0 Å². The van der Waals surface area contributed by atoms with Gasteiger partial charge in [-0.2, -0.15) is 0 Å². The van der Waals surface area contributed by atoms with E-state index >= 15 is 0 Å². The van der Waals surface area contributed by atoms with E-state index in [-0.39, 0.29) is 36.8 Å². The monoisotopic (exact) mass is 547 g/mol. The van der Waals surface area contributed by atoms with E-state index in [2.05, 4.69) is 22.5 Å². The zero-order valence-corrected chi connectivity index (χ0v) is 24.3. The Morgan fingerprint density at radius 2 is 1.82 bits per heavy atom. The first kappa shape index (κ1) is 33.6. The molecule has 1 aromatic heterocycles. The van der Waals surface area contributed by atoms with E-state index in [0.29, 0.717) is 12.2 Å². The molecule has 0 aliphatic heterocycles. The lowest BCUT2D eigenvalue weighted by Crippen LogP contribution is -2.49. The predicted octanol–water partition coefficient (Wildman–Crippen LogP) is 2.61. The van der Waals surface area contributed by atoms with Crippen LogP contribution in [0.1, 0.15) is 85.4 Å². The molecule has 0 aliphatic carbocycles. The average Bonchev–Trinajstić information content (AvgIpc) is 2.83. The molecule has 1 amide bonds. The van der Waals surface area contributed by atoms with Crippen LogP contribution in [0.5, 0.6) is 0 Å². The molecule has 12 nitrogen and oxygen atoms in total. The molecule has 1 heterocycles. The van der Waals surface area contributed by atoms with Gasteiger partial charge in [-0.3, -0.25) is 28.6 Å². The standard InChI is InChI=1S/C27H45N7O5/c1-8-10-11-12-33(7)15-21(35)19(13-23(36)37)31-25(38)20(9-2)34-16-22(27(4,5)6)32-24(26(34)39)30-14-18(29)17(3)28/h16,19-20,28-29H,8-15H2,1-7H3,(H,30,32)(H,31,38)(H,36,37). The van der Waals surface area contributed by atoms with Crippen molar-refractivity contribution in [1.82, 2.24) is 19.8 Å². The van der Waals surface area contributed by atoms with Crippen LogP contribution >= 0.6 is 0 Å². The van der Waals surface area contributed by atoms with E-state index in [0.717, 1.165) is 19.3 Å². The number of amides is 1. The molecule has 1 aromatic rings. The lowest BCUT2D eigenvalue weighted by molar-refractivity contribution is -0.140. The third-order valence-corrected chi connectivity index (χ3v) is 6.26. The number of hydrogen-bond donors (Lipinski definition) is 5. The summed E-state index contributed by atoms with van der Waals surface area (Å²) in [6.45, 7) is 11.5. The highest BCUT2D eigenvalue weighted by Gasteiger charge is 2.30. The number of nitrogens with one attached hydrogen (secondary N) is 4. The minimum absolute atomic E-state index is 0.00539. The fraction of sp³-hybridized carbons (Fsp3) is 0.667. The summed E-state index contributed by atoms with van der Waals surface area (Å²) in [5, 5.41) is 30.3. The molecule has 0 radical (unpaired) electrons. The van der Waals surface area contributed by atoms with E-state index in [9.17, 15) is 24.3 Å². The lowest BCUT2D eigenvalue weighted by Gasteiger charge is -2.26. The van der Waals surface area contributed by atoms with Crippen LogP contribution in [0.2, 0.25) is 0 Å². The molecule has 0 saturated heterocycles. The highest BCUT2D eigenvalue weighted by molar-refractivity contribution is 6.40. The summed E-state index contributed by atoms with van der Waals surface area (Å²) in [5.74, 6) is -2.35. The number of aliphatic carboxylic acids is 1. The Kier molecular flexibility index (Phi) is 13.1. The number of anilines is 1. The van der Waals surface area contributed by atoms with Gasteiger partial charge in [0.15, 0.2) is 11.6 Å². The second-order valence-electron chi connectivity index (χ2n) is 10.9. The third-order valence-electron chi connectivity index (χ3n) is 6.26. The van der Waals surface area contributed by atoms with Crippen molar-refractivity contribution in [3.05, 3.63) is 22.2 Å². The van der Waals surface area contributed by atoms with Gasteiger partial charge in [0.05, 0.1) is 42.7 Å². The smallest absolute Gasteiger partial charge is 0.305 e. The topological polar surface area (TPSA) is 181 Å². The Bertz CT molecular complexity index is 1110. The van der Waals surface area contributed by atoms with Gasteiger partial charge < -0.3 is 26.6 Å². The van der Waals surface area contributed by atoms with Gasteiger partial charge in [-0.25, -0.2) is 4.98 Å². The average molecular weight is 548 g/mol. The fourth-order valence-electron chi connectivity index (χ4n) is 3.81. The zero-order valence-electron chi connectivity index (χ0n) is 24.3. The van der Waals surface area contributed by atoms with Crippen molar-refractivity contribution >= 4 is 34.9 Å². The highest BCUT2D eigenvalue weighted by Crippen LogP contribution is 2.22. The third kappa shape index (κ3) is 10.7. The van der Waals surface area contributed by atoms with Gasteiger partial charge in [0.2, 0.25) is 5.91 Å². The van der Waals surface area contributed by atoms with Crippen LogP contribution in [0.3, 0.4) is 0 Å². The fourth-order valence-corrected chi connectivity index (χ4v) is 3.81. The van der Waals surface area contributed by atoms with Crippen molar-refractivity contribution in [3.63, 3.8) is 0 Å². The van der Waals surface area contributed by atoms with Crippen molar-refractivity contribution in [3.8, 4) is 0 Å². The number of carbonyl (C=O) groups is 3. The van der Waals surface area contributed by atoms with E-state index in [1.807, 2.05) is 25.7 Å². The SMILES string of the molecule is CCCCCN(C)CC(=O)C(CC(=O)O)NC(=O)C(CC)n1cc(C(C)(C)C)nc(NCC(=N)C(C)=N)c1=O. The Balaban J connectivity index is 3.32. The minimum Gasteiger partial charge on any atom is -0.481 e. The number of carbonyl (C=O) groups excluding carboxylic acids is 2. The molecule has 2 unspecified atom stereocenters. The Morgan fingerprint density at radius 3 is 2.33 bits per heavy atom. The lowest BCUT2D eigenvalue weighted by atomic mass is 9.92. The van der Waals surface area contributed by atoms with E-state index < -0.39 is 47.1 Å². The summed E-state index contributed by atoms with van der Waals surface area (Å²) in [5.41, 5.74) is -0.539. The summed E-state index contributed by atoms with van der Waals surface area (Å²) < 4.78 is 1.24. The molecule has 0 aliphatic rings. The summed E-state index contributed by atoms with van der Waals surface area (Å²) in [6, 6.07) is -2.27. The number of aromatic nitrogens is 2. The van der Waals surface area contributed by atoms with Crippen molar-refractivity contribution in [2.45, 2.75) is 91.1 Å². The quantitative estimate of drug-likeness (QED) is 0.146. The van der Waals surface area contributed by atoms with Gasteiger partial charge in [0.25, 0.3) is 5.56 Å². The molecule has 0 saturated carbocycles. The van der Waals surface area contributed by atoms with Crippen LogP contribution in [-0.4, -0.2) is 81.4 Å². The van der Waals surface area contributed by atoms with Crippen molar-refractivity contribution in [1.29, 1.82) is 10.8 Å². The normalized spacial score (nSPS) is 13.0. The van der Waals surface area contributed by atoms with Gasteiger partial charge in [-0.1, -0.05) is 47.5 Å². The van der Waals surface area contributed by atoms with Crippen LogP contribution in [0.4, 0.5) is 5.82 Å². The van der Waals surface area contributed by atoms with Crippen LogP contribution in [-0.2, 0) is 19.8 Å². The van der Waals surface area contributed by atoms with E-state index in [1.54, 1.807) is 14.0 Å². The molecule has 0 spiro atoms. The first-order chi connectivity index (χ1) is 18.1. The molecule has 0 aromatic carbocycles. The predicted molar refractivity (Wildman–Crippen MR) is 152 cm³/mol. The number of ketones is 1. The molecule has 1 rings (SSSR count).